The number of aromatic nitrogens is 5. The lowest BCUT2D eigenvalue weighted by molar-refractivity contribution is 0.560. The molecule has 10 aromatic carbocycles. The van der Waals surface area contributed by atoms with E-state index in [1.807, 2.05) is 24.3 Å². The van der Waals surface area contributed by atoms with Gasteiger partial charge in [-0.05, 0) is 155 Å². The Morgan fingerprint density at radius 3 is 1.06 bits per heavy atom. The highest BCUT2D eigenvalue weighted by atomic mass is 16.4. The van der Waals surface area contributed by atoms with Crippen molar-refractivity contribution in [2.75, 3.05) is 0 Å². The van der Waals surface area contributed by atoms with Crippen LogP contribution in [0.3, 0.4) is 0 Å². The molecule has 0 spiro atoms. The van der Waals surface area contributed by atoms with Gasteiger partial charge in [0, 0.05) is 60.5 Å². The zero-order chi connectivity index (χ0) is 56.1. The molecular weight excluding hydrogens is 999 g/mol. The SMILES string of the molecule is CCC(C)Cc1ccc(-c2ccc(-c3nnc(-c4ccc(C(C)(C)C)cc4)o3)cc2)cc1.CCC(C)Cc1ccc(-n2c3ccc(-n4c5ccccc5c5ccccc54)cc3c3cc(-n4c5ccccc5c5ccccc54)ccc32)cc1. The van der Waals surface area contributed by atoms with Gasteiger partial charge in [0.05, 0.1) is 33.1 Å². The second-order valence-corrected chi connectivity index (χ2v) is 23.6. The number of para-hydroxylation sites is 4. The van der Waals surface area contributed by atoms with Gasteiger partial charge in [0.1, 0.15) is 0 Å². The number of nitrogens with zero attached hydrogens (tertiary/aromatic N) is 5. The van der Waals surface area contributed by atoms with Gasteiger partial charge in [0.2, 0.25) is 11.8 Å². The van der Waals surface area contributed by atoms with Gasteiger partial charge in [0.25, 0.3) is 0 Å². The molecule has 4 heterocycles. The van der Waals surface area contributed by atoms with E-state index in [9.17, 15) is 0 Å². The Kier molecular flexibility index (Phi) is 13.8. The van der Waals surface area contributed by atoms with Crippen molar-refractivity contribution in [1.82, 2.24) is 23.9 Å². The fourth-order valence-electron chi connectivity index (χ4n) is 12.0. The van der Waals surface area contributed by atoms with Crippen LogP contribution in [0.5, 0.6) is 0 Å². The smallest absolute Gasteiger partial charge is 0.248 e. The fraction of sp³-hybridized carbons (Fsp3) is 0.184. The number of rotatable bonds is 12. The van der Waals surface area contributed by atoms with Crippen LogP contribution in [0.1, 0.15) is 78.0 Å². The van der Waals surface area contributed by atoms with E-state index >= 15 is 0 Å². The molecule has 0 amide bonds. The zero-order valence-corrected chi connectivity index (χ0v) is 48.1. The summed E-state index contributed by atoms with van der Waals surface area (Å²) in [4.78, 5) is 0. The van der Waals surface area contributed by atoms with Crippen molar-refractivity contribution in [3.05, 3.63) is 247 Å². The second kappa shape index (κ2) is 21.7. The first kappa shape index (κ1) is 52.1. The molecule has 0 fully saturated rings. The predicted molar refractivity (Wildman–Crippen MR) is 345 cm³/mol. The van der Waals surface area contributed by atoms with Crippen molar-refractivity contribution in [2.24, 2.45) is 11.8 Å². The standard InChI is InChI=1S/C47H37N3.C29H32N2O/c1-3-31(2)28-32-20-22-33(23-21-32)48-46-26-24-34(49-42-16-8-4-12-36(42)37-13-5-9-17-43(37)49)29-40(46)41-30-35(25-27-47(41)48)50-44-18-10-6-14-38(44)39-15-7-11-19-45(39)50;1-6-20(2)19-21-7-9-22(10-8-21)23-11-13-24(14-12-23)27-30-31-28(32-27)25-15-17-26(18-16-25)29(3,4)5/h4-27,29-31H,3,28H2,1-2H3;7-18,20H,6,19H2,1-5H3. The van der Waals surface area contributed by atoms with Crippen molar-refractivity contribution in [3.8, 4) is 51.1 Å². The van der Waals surface area contributed by atoms with Crippen LogP contribution >= 0.6 is 0 Å². The van der Waals surface area contributed by atoms with Gasteiger partial charge in [-0.2, -0.15) is 0 Å². The maximum atomic E-state index is 5.97. The molecule has 2 unspecified atom stereocenters. The average Bonchev–Trinajstić information content (AvgIpc) is 3.97. The summed E-state index contributed by atoms with van der Waals surface area (Å²) in [6, 6.07) is 83.9. The molecule has 6 heteroatoms. The minimum atomic E-state index is 0.120. The Hall–Kier alpha value is -9.26. The lowest BCUT2D eigenvalue weighted by atomic mass is 9.87. The summed E-state index contributed by atoms with van der Waals surface area (Å²) in [7, 11) is 0. The number of fused-ring (bicyclic) bond motifs is 9. The largest absolute Gasteiger partial charge is 0.416 e. The monoisotopic (exact) mass is 1070 g/mol. The summed E-state index contributed by atoms with van der Waals surface area (Å²) in [5, 5.41) is 16.1. The zero-order valence-electron chi connectivity index (χ0n) is 48.1. The quantitative estimate of drug-likeness (QED) is 0.122. The molecule has 0 aliphatic carbocycles. The van der Waals surface area contributed by atoms with E-state index in [1.54, 1.807) is 0 Å². The number of benzene rings is 10. The Morgan fingerprint density at radius 1 is 0.354 bits per heavy atom. The molecule has 4 aromatic heterocycles. The summed E-state index contributed by atoms with van der Waals surface area (Å²) < 4.78 is 13.3. The van der Waals surface area contributed by atoms with Crippen LogP contribution in [0, 0.1) is 11.8 Å². The minimum Gasteiger partial charge on any atom is -0.416 e. The summed E-state index contributed by atoms with van der Waals surface area (Å²) in [5.74, 6) is 2.47. The van der Waals surface area contributed by atoms with E-state index in [4.69, 9.17) is 4.42 Å². The molecule has 0 aliphatic rings. The number of hydrogen-bond donors (Lipinski definition) is 0. The van der Waals surface area contributed by atoms with Gasteiger partial charge in [-0.25, -0.2) is 0 Å². The van der Waals surface area contributed by atoms with Crippen molar-refractivity contribution in [2.45, 2.75) is 79.6 Å². The van der Waals surface area contributed by atoms with Crippen molar-refractivity contribution in [3.63, 3.8) is 0 Å². The maximum Gasteiger partial charge on any atom is 0.248 e. The highest BCUT2D eigenvalue weighted by molar-refractivity contribution is 6.14. The van der Waals surface area contributed by atoms with Gasteiger partial charge in [-0.3, -0.25) is 0 Å². The van der Waals surface area contributed by atoms with E-state index in [1.165, 1.54) is 123 Å². The van der Waals surface area contributed by atoms with Gasteiger partial charge in [-0.15, -0.1) is 10.2 Å². The molecule has 14 aromatic rings. The van der Waals surface area contributed by atoms with Gasteiger partial charge >= 0.3 is 0 Å². The van der Waals surface area contributed by atoms with E-state index < -0.39 is 0 Å². The van der Waals surface area contributed by atoms with Crippen LogP contribution in [0.4, 0.5) is 0 Å². The van der Waals surface area contributed by atoms with E-state index in [2.05, 4.69) is 279 Å². The highest BCUT2D eigenvalue weighted by Gasteiger charge is 2.20. The lowest BCUT2D eigenvalue weighted by Crippen LogP contribution is -2.10. The summed E-state index contributed by atoms with van der Waals surface area (Å²) in [6.07, 6.45) is 4.64. The molecule has 0 saturated heterocycles. The first-order valence-electron chi connectivity index (χ1n) is 29.3. The van der Waals surface area contributed by atoms with E-state index in [0.717, 1.165) is 29.9 Å². The third kappa shape index (κ3) is 9.76. The Labute approximate surface area is 480 Å². The average molecular weight is 1070 g/mol. The second-order valence-electron chi connectivity index (χ2n) is 23.6. The molecule has 6 nitrogen and oxygen atoms in total. The van der Waals surface area contributed by atoms with Gasteiger partial charge in [0.15, 0.2) is 0 Å². The van der Waals surface area contributed by atoms with Crippen LogP contribution in [-0.4, -0.2) is 23.9 Å². The minimum absolute atomic E-state index is 0.120. The Bertz CT molecular complexity index is 4300. The summed E-state index contributed by atoms with van der Waals surface area (Å²) in [5.41, 5.74) is 19.3. The number of hydrogen-bond acceptors (Lipinski definition) is 3. The van der Waals surface area contributed by atoms with Gasteiger partial charge in [-0.1, -0.05) is 195 Å². The van der Waals surface area contributed by atoms with Crippen molar-refractivity contribution < 1.29 is 4.42 Å². The molecular formula is C76H69N5O. The molecule has 82 heavy (non-hydrogen) atoms. The van der Waals surface area contributed by atoms with Crippen molar-refractivity contribution >= 4 is 65.4 Å². The molecule has 2 atom stereocenters. The normalized spacial score (nSPS) is 12.7. The molecule has 0 saturated carbocycles. The van der Waals surface area contributed by atoms with E-state index in [0.29, 0.717) is 17.7 Å². The summed E-state index contributed by atoms with van der Waals surface area (Å²) >= 11 is 0. The van der Waals surface area contributed by atoms with E-state index in [-0.39, 0.29) is 5.41 Å². The van der Waals surface area contributed by atoms with Gasteiger partial charge < -0.3 is 18.1 Å². The van der Waals surface area contributed by atoms with Crippen LogP contribution < -0.4 is 0 Å². The third-order valence-corrected chi connectivity index (χ3v) is 17.0. The van der Waals surface area contributed by atoms with Crippen LogP contribution in [0.15, 0.2) is 235 Å². The summed E-state index contributed by atoms with van der Waals surface area (Å²) in [6.45, 7) is 15.8. The fourth-order valence-corrected chi connectivity index (χ4v) is 12.0. The highest BCUT2D eigenvalue weighted by Crippen LogP contribution is 2.40. The first-order chi connectivity index (χ1) is 40.0. The lowest BCUT2D eigenvalue weighted by Gasteiger charge is -2.18. The maximum absolute atomic E-state index is 5.97. The van der Waals surface area contributed by atoms with Crippen molar-refractivity contribution in [1.29, 1.82) is 0 Å². The van der Waals surface area contributed by atoms with Crippen LogP contribution in [0.2, 0.25) is 0 Å². The topological polar surface area (TPSA) is 53.7 Å². The Morgan fingerprint density at radius 2 is 0.671 bits per heavy atom. The Balaban J connectivity index is 0.000000171. The van der Waals surface area contributed by atoms with Crippen LogP contribution in [-0.2, 0) is 18.3 Å². The predicted octanol–water partition coefficient (Wildman–Crippen LogP) is 20.5. The molecule has 0 bridgehead atoms. The first-order valence-corrected chi connectivity index (χ1v) is 29.3. The molecule has 0 aliphatic heterocycles. The molecule has 404 valence electrons. The third-order valence-electron chi connectivity index (χ3n) is 17.0. The molecule has 14 rings (SSSR count). The molecule has 0 N–H and O–H groups in total. The van der Waals surface area contributed by atoms with Crippen LogP contribution in [0.25, 0.3) is 117 Å². The molecule has 0 radical (unpaired) electrons.